The van der Waals surface area contributed by atoms with Crippen molar-refractivity contribution in [2.75, 3.05) is 19.8 Å². The van der Waals surface area contributed by atoms with Gasteiger partial charge in [0.2, 0.25) is 0 Å². The van der Waals surface area contributed by atoms with E-state index in [0.29, 0.717) is 16.7 Å². The van der Waals surface area contributed by atoms with Crippen LogP contribution < -0.4 is 16.0 Å². The molecule has 0 spiro atoms. The highest BCUT2D eigenvalue weighted by Crippen LogP contribution is 2.19. The van der Waals surface area contributed by atoms with Gasteiger partial charge in [-0.15, -0.1) is 0 Å². The van der Waals surface area contributed by atoms with Crippen molar-refractivity contribution in [2.45, 2.75) is 18.1 Å². The quantitative estimate of drug-likeness (QED) is 0.155. The maximum absolute atomic E-state index is 13.4. The molecule has 4 rings (SSSR count). The molecule has 0 aliphatic heterocycles. The first-order valence-electron chi connectivity index (χ1n) is 13.5. The van der Waals surface area contributed by atoms with Crippen LogP contribution in [0.5, 0.6) is 0 Å². The third kappa shape index (κ3) is 7.67. The van der Waals surface area contributed by atoms with Crippen molar-refractivity contribution in [1.82, 2.24) is 16.0 Å². The summed E-state index contributed by atoms with van der Waals surface area (Å²) in [5.41, 5.74) is 2.10. The van der Waals surface area contributed by atoms with Crippen molar-refractivity contribution in [3.63, 3.8) is 0 Å². The Morgan fingerprint density at radius 1 is 0.452 bits per heavy atom. The molecule has 4 aromatic rings. The van der Waals surface area contributed by atoms with Crippen molar-refractivity contribution in [1.29, 1.82) is 0 Å². The van der Waals surface area contributed by atoms with Crippen molar-refractivity contribution in [2.24, 2.45) is 0 Å². The van der Waals surface area contributed by atoms with Crippen molar-refractivity contribution in [3.8, 4) is 0 Å². The van der Waals surface area contributed by atoms with Crippen molar-refractivity contribution < 1.29 is 29.7 Å². The second-order valence-electron chi connectivity index (χ2n) is 9.66. The van der Waals surface area contributed by atoms with Crippen LogP contribution in [0.4, 0.5) is 0 Å². The van der Waals surface area contributed by atoms with Gasteiger partial charge in [0, 0.05) is 16.7 Å². The highest BCUT2D eigenvalue weighted by Gasteiger charge is 2.22. The Hall–Kier alpha value is -4.83. The van der Waals surface area contributed by atoms with E-state index in [1.54, 1.807) is 72.8 Å². The van der Waals surface area contributed by atoms with Crippen molar-refractivity contribution in [3.05, 3.63) is 143 Å². The minimum absolute atomic E-state index is 0.0164. The van der Waals surface area contributed by atoms with Gasteiger partial charge in [-0.25, -0.2) is 0 Å². The molecule has 0 unspecified atom stereocenters. The van der Waals surface area contributed by atoms with Gasteiger partial charge in [-0.05, 0) is 34.9 Å². The van der Waals surface area contributed by atoms with E-state index >= 15 is 0 Å². The van der Waals surface area contributed by atoms with E-state index in [2.05, 4.69) is 16.0 Å². The summed E-state index contributed by atoms with van der Waals surface area (Å²) in [5, 5.41) is 38.1. The van der Waals surface area contributed by atoms with E-state index < -0.39 is 35.8 Å². The van der Waals surface area contributed by atoms with Crippen LogP contribution in [-0.4, -0.2) is 52.9 Å². The molecule has 0 saturated heterocycles. The highest BCUT2D eigenvalue weighted by atomic mass is 16.3. The molecule has 0 heterocycles. The van der Waals surface area contributed by atoms with Gasteiger partial charge in [-0.3, -0.25) is 14.4 Å². The Balaban J connectivity index is 1.65. The summed E-state index contributed by atoms with van der Waals surface area (Å²) in [6, 6.07) is 28.6. The molecule has 216 valence electrons. The van der Waals surface area contributed by atoms with Gasteiger partial charge in [-0.2, -0.15) is 0 Å². The lowest BCUT2D eigenvalue weighted by Gasteiger charge is -2.20. The van der Waals surface area contributed by atoms with Gasteiger partial charge < -0.3 is 31.3 Å². The normalized spacial score (nSPS) is 12.9. The second kappa shape index (κ2) is 14.7. The fourth-order valence-corrected chi connectivity index (χ4v) is 4.50. The van der Waals surface area contributed by atoms with E-state index in [-0.39, 0.29) is 36.5 Å². The van der Waals surface area contributed by atoms with Gasteiger partial charge in [-0.1, -0.05) is 91.0 Å². The predicted octanol–water partition coefficient (Wildman–Crippen LogP) is 3.08. The molecule has 9 heteroatoms. The molecule has 0 aliphatic carbocycles. The zero-order valence-corrected chi connectivity index (χ0v) is 22.8. The Bertz CT molecular complexity index is 1290. The smallest absolute Gasteiger partial charge is 0.251 e. The van der Waals surface area contributed by atoms with Crippen LogP contribution in [0.1, 0.15) is 65.9 Å². The number of hydrogen-bond acceptors (Lipinski definition) is 6. The van der Waals surface area contributed by atoms with Crippen LogP contribution in [0.15, 0.2) is 109 Å². The minimum Gasteiger partial charge on any atom is -0.394 e. The lowest BCUT2D eigenvalue weighted by Crippen LogP contribution is -2.34. The summed E-state index contributed by atoms with van der Waals surface area (Å²) < 4.78 is 0. The van der Waals surface area contributed by atoms with Gasteiger partial charge in [0.15, 0.2) is 0 Å². The Morgan fingerprint density at radius 3 is 0.905 bits per heavy atom. The second-order valence-corrected chi connectivity index (χ2v) is 9.66. The van der Waals surface area contributed by atoms with Crippen LogP contribution >= 0.6 is 0 Å². The molecular formula is C33H33N3O6. The molecule has 4 aromatic carbocycles. The maximum atomic E-state index is 13.4. The third-order valence-corrected chi connectivity index (χ3v) is 6.79. The van der Waals surface area contributed by atoms with Gasteiger partial charge in [0.25, 0.3) is 17.7 Å². The zero-order chi connectivity index (χ0) is 29.9. The summed E-state index contributed by atoms with van der Waals surface area (Å²) in [5.74, 6) is -1.82. The van der Waals surface area contributed by atoms with Crippen molar-refractivity contribution >= 4 is 17.7 Å². The van der Waals surface area contributed by atoms with Gasteiger partial charge >= 0.3 is 0 Å². The Labute approximate surface area is 243 Å². The number of hydrogen-bond donors (Lipinski definition) is 6. The van der Waals surface area contributed by atoms with Crippen LogP contribution in [0.25, 0.3) is 0 Å². The average Bonchev–Trinajstić information content (AvgIpc) is 3.05. The molecule has 3 atom stereocenters. The Morgan fingerprint density at radius 2 is 0.690 bits per heavy atom. The van der Waals surface area contributed by atoms with Crippen LogP contribution in [-0.2, 0) is 0 Å². The van der Waals surface area contributed by atoms with Crippen LogP contribution in [0.3, 0.4) is 0 Å². The summed E-state index contributed by atoms with van der Waals surface area (Å²) in [4.78, 5) is 40.1. The van der Waals surface area contributed by atoms with E-state index in [4.69, 9.17) is 0 Å². The number of carbonyl (C=O) groups is 3. The summed E-state index contributed by atoms with van der Waals surface area (Å²) in [6.45, 7) is -1.10. The highest BCUT2D eigenvalue weighted by molar-refractivity contribution is 6.04. The van der Waals surface area contributed by atoms with E-state index in [0.717, 1.165) is 0 Å². The lowest BCUT2D eigenvalue weighted by molar-refractivity contribution is 0.0915. The van der Waals surface area contributed by atoms with Gasteiger partial charge in [0.1, 0.15) is 0 Å². The van der Waals surface area contributed by atoms with Crippen LogP contribution in [0, 0.1) is 0 Å². The monoisotopic (exact) mass is 567 g/mol. The minimum atomic E-state index is -0.720. The number of carbonyl (C=O) groups excluding carboxylic acids is 3. The molecule has 0 fully saturated rings. The molecule has 6 N–H and O–H groups in total. The summed E-state index contributed by atoms with van der Waals surface area (Å²) in [7, 11) is 0. The van der Waals surface area contributed by atoms with E-state index in [1.165, 1.54) is 18.2 Å². The molecule has 0 saturated carbocycles. The van der Waals surface area contributed by atoms with E-state index in [9.17, 15) is 29.7 Å². The summed E-state index contributed by atoms with van der Waals surface area (Å²) >= 11 is 0. The first-order chi connectivity index (χ1) is 20.4. The lowest BCUT2D eigenvalue weighted by atomic mass is 10.0. The number of aliphatic hydroxyl groups excluding tert-OH is 3. The average molecular weight is 568 g/mol. The number of benzene rings is 4. The Kier molecular flexibility index (Phi) is 10.5. The number of amides is 3. The zero-order valence-electron chi connectivity index (χ0n) is 22.8. The molecule has 3 amide bonds. The number of nitrogens with one attached hydrogen (secondary N) is 3. The molecule has 42 heavy (non-hydrogen) atoms. The summed E-state index contributed by atoms with van der Waals surface area (Å²) in [6.07, 6.45) is 0. The van der Waals surface area contributed by atoms with Gasteiger partial charge in [0.05, 0.1) is 37.9 Å². The number of rotatable bonds is 12. The maximum Gasteiger partial charge on any atom is 0.251 e. The van der Waals surface area contributed by atoms with Crippen LogP contribution in [0.2, 0.25) is 0 Å². The topological polar surface area (TPSA) is 148 Å². The first kappa shape index (κ1) is 30.1. The fraction of sp³-hybridized carbons (Fsp3) is 0.182. The first-order valence-corrected chi connectivity index (χ1v) is 13.5. The molecule has 0 aliphatic rings. The molecule has 9 nitrogen and oxygen atoms in total. The SMILES string of the molecule is O=C(N[C@H](CO)c1ccccc1)c1cc(C(=O)N[C@H](CO)c2ccccc2)cc(C(=O)N[C@H](CO)c2ccccc2)c1. The molecule has 0 radical (unpaired) electrons. The molecule has 0 aromatic heterocycles. The standard InChI is InChI=1S/C33H33N3O6/c37-19-28(22-10-4-1-5-11-22)34-31(40)25-16-26(32(41)35-29(20-38)23-12-6-2-7-13-23)18-27(17-25)33(42)36-30(21-39)24-14-8-3-9-15-24/h1-18,28-30,37-39H,19-21H2,(H,34,40)(H,35,41)(H,36,42)/t28-,29-,30-/m1/s1. The molecular weight excluding hydrogens is 534 g/mol. The third-order valence-electron chi connectivity index (χ3n) is 6.79. The van der Waals surface area contributed by atoms with E-state index in [1.807, 2.05) is 18.2 Å². The largest absolute Gasteiger partial charge is 0.394 e. The molecule has 0 bridgehead atoms. The number of aliphatic hydroxyl groups is 3. The predicted molar refractivity (Wildman–Crippen MR) is 158 cm³/mol. The fourth-order valence-electron chi connectivity index (χ4n) is 4.50.